The summed E-state index contributed by atoms with van der Waals surface area (Å²) in [4.78, 5) is 2.38. The molecule has 1 heterocycles. The summed E-state index contributed by atoms with van der Waals surface area (Å²) in [6, 6.07) is 4.04. The molecular formula is C15H24N2O2. The summed E-state index contributed by atoms with van der Waals surface area (Å²) in [6.45, 7) is 10.6. The summed E-state index contributed by atoms with van der Waals surface area (Å²) in [5, 5.41) is 0. The Kier molecular flexibility index (Phi) is 4.66. The Morgan fingerprint density at radius 3 is 2.89 bits per heavy atom. The van der Waals surface area contributed by atoms with Crippen LogP contribution >= 0.6 is 0 Å². The molecule has 4 heteroatoms. The number of morpholine rings is 1. The zero-order valence-corrected chi connectivity index (χ0v) is 12.1. The fourth-order valence-electron chi connectivity index (χ4n) is 2.53. The molecule has 0 radical (unpaired) electrons. The van der Waals surface area contributed by atoms with Crippen LogP contribution in [0.25, 0.3) is 0 Å². The highest BCUT2D eigenvalue weighted by atomic mass is 16.5. The van der Waals surface area contributed by atoms with Gasteiger partial charge in [-0.3, -0.25) is 4.90 Å². The van der Waals surface area contributed by atoms with Gasteiger partial charge in [0.15, 0.2) is 0 Å². The van der Waals surface area contributed by atoms with Crippen LogP contribution in [0.1, 0.15) is 18.1 Å². The van der Waals surface area contributed by atoms with Crippen LogP contribution in [0.3, 0.4) is 0 Å². The van der Waals surface area contributed by atoms with Crippen molar-refractivity contribution < 1.29 is 9.47 Å². The maximum absolute atomic E-state index is 6.02. The second-order valence-electron chi connectivity index (χ2n) is 5.20. The van der Waals surface area contributed by atoms with Gasteiger partial charge >= 0.3 is 0 Å². The quantitative estimate of drug-likeness (QED) is 0.845. The van der Waals surface area contributed by atoms with E-state index in [0.717, 1.165) is 43.1 Å². The lowest BCUT2D eigenvalue weighted by Crippen LogP contribution is -2.44. The molecule has 0 spiro atoms. The van der Waals surface area contributed by atoms with E-state index in [0.29, 0.717) is 12.3 Å². The predicted molar refractivity (Wildman–Crippen MR) is 77.7 cm³/mol. The van der Waals surface area contributed by atoms with Crippen molar-refractivity contribution in [1.82, 2.24) is 4.90 Å². The Morgan fingerprint density at radius 1 is 1.42 bits per heavy atom. The number of benzene rings is 1. The van der Waals surface area contributed by atoms with E-state index in [-0.39, 0.29) is 6.10 Å². The van der Waals surface area contributed by atoms with Crippen LogP contribution in [-0.4, -0.2) is 43.9 Å². The average molecular weight is 264 g/mol. The van der Waals surface area contributed by atoms with E-state index >= 15 is 0 Å². The largest absolute Gasteiger partial charge is 0.488 e. The van der Waals surface area contributed by atoms with Crippen molar-refractivity contribution >= 4 is 5.69 Å². The smallest absolute Gasteiger partial charge is 0.145 e. The zero-order valence-electron chi connectivity index (χ0n) is 12.1. The number of nitrogens with zero attached hydrogens (tertiary/aromatic N) is 1. The molecule has 4 nitrogen and oxygen atoms in total. The topological polar surface area (TPSA) is 47.7 Å². The first-order valence-corrected chi connectivity index (χ1v) is 6.93. The summed E-state index contributed by atoms with van der Waals surface area (Å²) < 4.78 is 11.6. The van der Waals surface area contributed by atoms with Gasteiger partial charge in [0.05, 0.1) is 12.3 Å². The lowest BCUT2D eigenvalue weighted by atomic mass is 10.1. The number of hydrogen-bond donors (Lipinski definition) is 1. The maximum Gasteiger partial charge on any atom is 0.145 e. The molecule has 19 heavy (non-hydrogen) atoms. The molecule has 0 amide bonds. The van der Waals surface area contributed by atoms with Crippen LogP contribution in [0.4, 0.5) is 5.69 Å². The fraction of sp³-hybridized carbons (Fsp3) is 0.600. The molecule has 1 aliphatic rings. The fourth-order valence-corrected chi connectivity index (χ4v) is 2.53. The first-order valence-electron chi connectivity index (χ1n) is 6.93. The molecule has 1 aromatic carbocycles. The minimum atomic E-state index is 0.133. The summed E-state index contributed by atoms with van der Waals surface area (Å²) in [7, 11) is 0. The van der Waals surface area contributed by atoms with Crippen molar-refractivity contribution in [3.8, 4) is 5.75 Å². The van der Waals surface area contributed by atoms with Gasteiger partial charge in [-0.05, 0) is 37.6 Å². The standard InChI is InChI=1S/C15H24N2O2/c1-4-17-5-6-18-13(9-17)10-19-15-12(3)7-11(2)8-14(15)16/h7-8,13H,4-6,9-10,16H2,1-3H3. The van der Waals surface area contributed by atoms with E-state index in [1.54, 1.807) is 0 Å². The van der Waals surface area contributed by atoms with Crippen molar-refractivity contribution in [1.29, 1.82) is 0 Å². The van der Waals surface area contributed by atoms with Crippen LogP contribution in [-0.2, 0) is 4.74 Å². The highest BCUT2D eigenvalue weighted by molar-refractivity contribution is 5.58. The molecule has 1 saturated heterocycles. The van der Waals surface area contributed by atoms with Gasteiger partial charge in [-0.2, -0.15) is 0 Å². The molecule has 1 aliphatic heterocycles. The van der Waals surface area contributed by atoms with E-state index < -0.39 is 0 Å². The van der Waals surface area contributed by atoms with Crippen molar-refractivity contribution in [2.45, 2.75) is 26.9 Å². The van der Waals surface area contributed by atoms with Crippen molar-refractivity contribution in [2.75, 3.05) is 38.6 Å². The highest BCUT2D eigenvalue weighted by Gasteiger charge is 2.20. The predicted octanol–water partition coefficient (Wildman–Crippen LogP) is 1.99. The molecule has 0 bridgehead atoms. The molecule has 2 rings (SSSR count). The number of anilines is 1. The SMILES string of the molecule is CCN1CCOC(COc2c(C)cc(C)cc2N)C1. The molecule has 1 unspecified atom stereocenters. The van der Waals surface area contributed by atoms with E-state index in [1.165, 1.54) is 0 Å². The second-order valence-corrected chi connectivity index (χ2v) is 5.20. The number of likely N-dealkylation sites (N-methyl/N-ethyl adjacent to an activating group) is 1. The molecule has 106 valence electrons. The maximum atomic E-state index is 6.02. The number of nitrogens with two attached hydrogens (primary N) is 1. The van der Waals surface area contributed by atoms with Crippen molar-refractivity contribution in [2.24, 2.45) is 0 Å². The van der Waals surface area contributed by atoms with E-state index in [9.17, 15) is 0 Å². The highest BCUT2D eigenvalue weighted by Crippen LogP contribution is 2.27. The first kappa shape index (κ1) is 14.2. The van der Waals surface area contributed by atoms with Gasteiger partial charge in [-0.15, -0.1) is 0 Å². The molecule has 0 saturated carbocycles. The Hall–Kier alpha value is -1.26. The number of rotatable bonds is 4. The molecule has 2 N–H and O–H groups in total. The third kappa shape index (κ3) is 3.61. The molecule has 0 aliphatic carbocycles. The zero-order chi connectivity index (χ0) is 13.8. The van der Waals surface area contributed by atoms with E-state index in [4.69, 9.17) is 15.2 Å². The number of nitrogen functional groups attached to an aromatic ring is 1. The Balaban J connectivity index is 1.95. The minimum Gasteiger partial charge on any atom is -0.488 e. The van der Waals surface area contributed by atoms with Crippen LogP contribution in [0, 0.1) is 13.8 Å². The van der Waals surface area contributed by atoms with Crippen LogP contribution in [0.2, 0.25) is 0 Å². The Labute approximate surface area is 115 Å². The monoisotopic (exact) mass is 264 g/mol. The second kappa shape index (κ2) is 6.26. The third-order valence-electron chi connectivity index (χ3n) is 3.53. The summed E-state index contributed by atoms with van der Waals surface area (Å²) in [5.41, 5.74) is 8.97. The lowest BCUT2D eigenvalue weighted by Gasteiger charge is -2.32. The Bertz CT molecular complexity index is 411. The molecule has 1 aromatic rings. The van der Waals surface area contributed by atoms with Gasteiger partial charge < -0.3 is 15.2 Å². The summed E-state index contributed by atoms with van der Waals surface area (Å²) in [5.74, 6) is 0.794. The minimum absolute atomic E-state index is 0.133. The molecule has 0 aromatic heterocycles. The average Bonchev–Trinajstić information content (AvgIpc) is 2.37. The summed E-state index contributed by atoms with van der Waals surface area (Å²) in [6.07, 6.45) is 0.133. The van der Waals surface area contributed by atoms with Crippen LogP contribution in [0.5, 0.6) is 5.75 Å². The first-order chi connectivity index (χ1) is 9.10. The summed E-state index contributed by atoms with van der Waals surface area (Å²) >= 11 is 0. The van der Waals surface area contributed by atoms with Gasteiger partial charge in [0, 0.05) is 13.1 Å². The third-order valence-corrected chi connectivity index (χ3v) is 3.53. The van der Waals surface area contributed by atoms with Gasteiger partial charge in [0.2, 0.25) is 0 Å². The van der Waals surface area contributed by atoms with E-state index in [2.05, 4.69) is 17.9 Å². The number of hydrogen-bond acceptors (Lipinski definition) is 4. The number of ether oxygens (including phenoxy) is 2. The molecular weight excluding hydrogens is 240 g/mol. The van der Waals surface area contributed by atoms with Crippen LogP contribution < -0.4 is 10.5 Å². The van der Waals surface area contributed by atoms with Gasteiger partial charge in [0.1, 0.15) is 18.5 Å². The van der Waals surface area contributed by atoms with Gasteiger partial charge in [-0.1, -0.05) is 13.0 Å². The van der Waals surface area contributed by atoms with Gasteiger partial charge in [-0.25, -0.2) is 0 Å². The molecule has 1 fully saturated rings. The van der Waals surface area contributed by atoms with Crippen LogP contribution in [0.15, 0.2) is 12.1 Å². The normalized spacial score (nSPS) is 20.5. The number of aryl methyl sites for hydroxylation is 2. The lowest BCUT2D eigenvalue weighted by molar-refractivity contribution is -0.0463. The van der Waals surface area contributed by atoms with Gasteiger partial charge in [0.25, 0.3) is 0 Å². The van der Waals surface area contributed by atoms with Crippen molar-refractivity contribution in [3.63, 3.8) is 0 Å². The van der Waals surface area contributed by atoms with E-state index in [1.807, 2.05) is 19.9 Å². The van der Waals surface area contributed by atoms with Crippen molar-refractivity contribution in [3.05, 3.63) is 23.3 Å². The Morgan fingerprint density at radius 2 is 2.21 bits per heavy atom. The molecule has 1 atom stereocenters.